The predicted molar refractivity (Wildman–Crippen MR) is 71.0 cm³/mol. The lowest BCUT2D eigenvalue weighted by Crippen LogP contribution is -1.96. The highest BCUT2D eigenvalue weighted by molar-refractivity contribution is 8.01. The van der Waals surface area contributed by atoms with Crippen LogP contribution in [0.5, 0.6) is 0 Å². The molecule has 5 nitrogen and oxygen atoms in total. The second-order valence-corrected chi connectivity index (χ2v) is 6.01. The lowest BCUT2D eigenvalue weighted by molar-refractivity contribution is 1.01. The maximum absolute atomic E-state index is 4.45. The Labute approximate surface area is 109 Å². The molecule has 0 radical (unpaired) electrons. The predicted octanol–water partition coefficient (Wildman–Crippen LogP) is 2.74. The molecule has 8 heteroatoms. The molecule has 0 aliphatic rings. The van der Waals surface area contributed by atoms with Gasteiger partial charge in [-0.25, -0.2) is 9.97 Å². The molecule has 3 rings (SSSR count). The molecule has 17 heavy (non-hydrogen) atoms. The number of hydrogen-bond donors (Lipinski definition) is 1. The molecule has 0 aromatic carbocycles. The molecule has 3 heterocycles. The van der Waals surface area contributed by atoms with Gasteiger partial charge in [-0.2, -0.15) is 0 Å². The van der Waals surface area contributed by atoms with Crippen LogP contribution < -0.4 is 5.32 Å². The molecule has 0 aliphatic heterocycles. The molecule has 0 aliphatic carbocycles. The largest absolute Gasteiger partial charge is 0.357 e. The standard InChI is InChI=1S/C9H7N5S3/c1-10-8-12-6-5(2-3-15-6)7(13-8)17-9-14-11-4-16-9/h2-4H,1H3,(H,10,12,13). The zero-order valence-electron chi connectivity index (χ0n) is 8.75. The zero-order chi connectivity index (χ0) is 11.7. The van der Waals surface area contributed by atoms with Gasteiger partial charge in [-0.15, -0.1) is 21.5 Å². The minimum absolute atomic E-state index is 0.631. The Kier molecular flexibility index (Phi) is 2.91. The van der Waals surface area contributed by atoms with Crippen molar-refractivity contribution in [3.63, 3.8) is 0 Å². The smallest absolute Gasteiger partial charge is 0.224 e. The van der Waals surface area contributed by atoms with Crippen molar-refractivity contribution >= 4 is 50.6 Å². The van der Waals surface area contributed by atoms with Crippen molar-refractivity contribution in [1.29, 1.82) is 0 Å². The Morgan fingerprint density at radius 1 is 1.29 bits per heavy atom. The first-order valence-corrected chi connectivity index (χ1v) is 7.31. The molecule has 3 aromatic rings. The van der Waals surface area contributed by atoms with Gasteiger partial charge in [-0.3, -0.25) is 0 Å². The van der Waals surface area contributed by atoms with Crippen molar-refractivity contribution in [1.82, 2.24) is 20.2 Å². The number of nitrogens with zero attached hydrogens (tertiary/aromatic N) is 4. The van der Waals surface area contributed by atoms with Crippen molar-refractivity contribution in [2.24, 2.45) is 0 Å². The molecule has 86 valence electrons. The van der Waals surface area contributed by atoms with Crippen molar-refractivity contribution in [2.45, 2.75) is 9.37 Å². The lowest BCUT2D eigenvalue weighted by Gasteiger charge is -2.02. The monoisotopic (exact) mass is 281 g/mol. The highest BCUT2D eigenvalue weighted by Crippen LogP contribution is 2.34. The van der Waals surface area contributed by atoms with Gasteiger partial charge in [0, 0.05) is 12.4 Å². The summed E-state index contributed by atoms with van der Waals surface area (Å²) in [5, 5.41) is 14.8. The van der Waals surface area contributed by atoms with Crippen LogP contribution in [0, 0.1) is 0 Å². The molecule has 0 spiro atoms. The van der Waals surface area contributed by atoms with Gasteiger partial charge >= 0.3 is 0 Å². The van der Waals surface area contributed by atoms with Crippen LogP contribution in [-0.2, 0) is 0 Å². The van der Waals surface area contributed by atoms with E-state index >= 15 is 0 Å². The molecule has 0 bridgehead atoms. The molecule has 0 unspecified atom stereocenters. The van der Waals surface area contributed by atoms with E-state index < -0.39 is 0 Å². The molecule has 0 saturated heterocycles. The van der Waals surface area contributed by atoms with Crippen LogP contribution >= 0.6 is 34.4 Å². The molecular weight excluding hydrogens is 274 g/mol. The van der Waals surface area contributed by atoms with Gasteiger partial charge in [-0.1, -0.05) is 11.3 Å². The molecular formula is C9H7N5S3. The van der Waals surface area contributed by atoms with Gasteiger partial charge in [0.05, 0.1) is 0 Å². The third kappa shape index (κ3) is 2.11. The van der Waals surface area contributed by atoms with Crippen LogP contribution in [0.1, 0.15) is 0 Å². The quantitative estimate of drug-likeness (QED) is 0.745. The Balaban J connectivity index is 2.10. The number of nitrogens with one attached hydrogen (secondary N) is 1. The second-order valence-electron chi connectivity index (χ2n) is 3.05. The summed E-state index contributed by atoms with van der Waals surface area (Å²) < 4.78 is 0.887. The van der Waals surface area contributed by atoms with Crippen molar-refractivity contribution in [3.8, 4) is 0 Å². The van der Waals surface area contributed by atoms with Gasteiger partial charge in [0.25, 0.3) is 0 Å². The zero-order valence-corrected chi connectivity index (χ0v) is 11.2. The van der Waals surface area contributed by atoms with Crippen LogP contribution in [0.4, 0.5) is 5.95 Å². The van der Waals surface area contributed by atoms with Crippen LogP contribution in [0.3, 0.4) is 0 Å². The van der Waals surface area contributed by atoms with E-state index in [0.29, 0.717) is 5.95 Å². The van der Waals surface area contributed by atoms with Crippen LogP contribution in [0.2, 0.25) is 0 Å². The van der Waals surface area contributed by atoms with Crippen LogP contribution in [-0.4, -0.2) is 27.2 Å². The SMILES string of the molecule is CNc1nc(Sc2nncs2)c2ccsc2n1. The maximum atomic E-state index is 4.45. The van der Waals surface area contributed by atoms with Gasteiger partial charge in [-0.05, 0) is 23.2 Å². The summed E-state index contributed by atoms with van der Waals surface area (Å²) in [6.07, 6.45) is 0. The average Bonchev–Trinajstić information content (AvgIpc) is 2.98. The Morgan fingerprint density at radius 3 is 3.00 bits per heavy atom. The van der Waals surface area contributed by atoms with E-state index in [1.54, 1.807) is 16.8 Å². The first-order chi connectivity index (χ1) is 8.36. The Hall–Kier alpha value is -1.25. The number of thiophene rings is 1. The van der Waals surface area contributed by atoms with E-state index in [1.165, 1.54) is 23.1 Å². The van der Waals surface area contributed by atoms with E-state index in [-0.39, 0.29) is 0 Å². The van der Waals surface area contributed by atoms with Crippen molar-refractivity contribution < 1.29 is 0 Å². The minimum Gasteiger partial charge on any atom is -0.357 e. The van der Waals surface area contributed by atoms with E-state index in [1.807, 2.05) is 18.5 Å². The summed E-state index contributed by atoms with van der Waals surface area (Å²) in [6.45, 7) is 0. The number of fused-ring (bicyclic) bond motifs is 1. The van der Waals surface area contributed by atoms with E-state index in [0.717, 1.165) is 19.6 Å². The molecule has 0 saturated carbocycles. The minimum atomic E-state index is 0.631. The summed E-state index contributed by atoms with van der Waals surface area (Å²) in [7, 11) is 1.81. The molecule has 3 aromatic heterocycles. The maximum Gasteiger partial charge on any atom is 0.224 e. The summed E-state index contributed by atoms with van der Waals surface area (Å²) >= 11 is 4.63. The fourth-order valence-electron chi connectivity index (χ4n) is 1.31. The fraction of sp³-hybridized carbons (Fsp3) is 0.111. The summed E-state index contributed by atoms with van der Waals surface area (Å²) in [4.78, 5) is 9.83. The summed E-state index contributed by atoms with van der Waals surface area (Å²) in [5.74, 6) is 0.631. The fourth-order valence-corrected chi connectivity index (χ4v) is 3.63. The summed E-state index contributed by atoms with van der Waals surface area (Å²) in [6, 6.07) is 2.03. The van der Waals surface area contributed by atoms with Gasteiger partial charge in [0.15, 0.2) is 4.34 Å². The Bertz CT molecular complexity index is 633. The number of hydrogen-bond acceptors (Lipinski definition) is 8. The number of aromatic nitrogens is 4. The second kappa shape index (κ2) is 4.55. The van der Waals surface area contributed by atoms with Gasteiger partial charge < -0.3 is 5.32 Å². The van der Waals surface area contributed by atoms with Crippen LogP contribution in [0.15, 0.2) is 26.3 Å². The number of rotatable bonds is 3. The van der Waals surface area contributed by atoms with Gasteiger partial charge in [0.1, 0.15) is 15.4 Å². The lowest BCUT2D eigenvalue weighted by atomic mass is 10.4. The molecule has 0 atom stereocenters. The number of anilines is 1. The van der Waals surface area contributed by atoms with Crippen LogP contribution in [0.25, 0.3) is 10.2 Å². The topological polar surface area (TPSA) is 63.6 Å². The average molecular weight is 281 g/mol. The molecule has 1 N–H and O–H groups in total. The third-order valence-corrected chi connectivity index (χ3v) is 4.63. The highest BCUT2D eigenvalue weighted by atomic mass is 32.2. The normalized spacial score (nSPS) is 10.9. The van der Waals surface area contributed by atoms with E-state index in [2.05, 4.69) is 25.5 Å². The first-order valence-electron chi connectivity index (χ1n) is 4.74. The molecule has 0 fully saturated rings. The Morgan fingerprint density at radius 2 is 2.24 bits per heavy atom. The van der Waals surface area contributed by atoms with Crippen molar-refractivity contribution in [2.75, 3.05) is 12.4 Å². The highest BCUT2D eigenvalue weighted by Gasteiger charge is 2.11. The van der Waals surface area contributed by atoms with Crippen molar-refractivity contribution in [3.05, 3.63) is 17.0 Å². The molecule has 0 amide bonds. The van der Waals surface area contributed by atoms with E-state index in [9.17, 15) is 0 Å². The third-order valence-electron chi connectivity index (χ3n) is 2.04. The first kappa shape index (κ1) is 10.9. The van der Waals surface area contributed by atoms with Gasteiger partial charge in [0.2, 0.25) is 5.95 Å². The summed E-state index contributed by atoms with van der Waals surface area (Å²) in [5.41, 5.74) is 1.72. The van der Waals surface area contributed by atoms with E-state index in [4.69, 9.17) is 0 Å².